The molecule has 1 heterocycles. The number of para-hydroxylation sites is 1. The molecule has 2 aromatic carbocycles. The molecule has 2 fully saturated rings. The summed E-state index contributed by atoms with van der Waals surface area (Å²) >= 11 is 0. The van der Waals surface area contributed by atoms with Crippen molar-refractivity contribution in [2.24, 2.45) is 29.1 Å². The third-order valence-electron chi connectivity index (χ3n) is 10.6. The highest BCUT2D eigenvalue weighted by molar-refractivity contribution is 6.23. The van der Waals surface area contributed by atoms with Gasteiger partial charge in [-0.25, -0.2) is 4.90 Å². The van der Waals surface area contributed by atoms with E-state index in [1.54, 1.807) is 38.1 Å². The lowest BCUT2D eigenvalue weighted by Crippen LogP contribution is -2.54. The number of anilines is 2. The van der Waals surface area contributed by atoms with Crippen LogP contribution in [0.1, 0.15) is 43.7 Å². The van der Waals surface area contributed by atoms with E-state index in [1.165, 1.54) is 25.1 Å². The molecule has 1 N–H and O–H groups in total. The monoisotopic (exact) mass is 654 g/mol. The van der Waals surface area contributed by atoms with Crippen LogP contribution in [0, 0.1) is 49.3 Å². The Bertz CT molecular complexity index is 1890. The number of Topliss-reactive ketones (excluding diaryl/α,β-unsaturated/α-hetero) is 1. The van der Waals surface area contributed by atoms with Crippen LogP contribution in [-0.4, -0.2) is 52.4 Å². The summed E-state index contributed by atoms with van der Waals surface area (Å²) in [5, 5.41) is 35.6. The maximum Gasteiger partial charge on any atom is 0.301 e. The number of allylic oxidation sites excluding steroid dienone is 5. The first-order chi connectivity index (χ1) is 22.6. The number of imide groups is 1. The van der Waals surface area contributed by atoms with Crippen molar-refractivity contribution in [2.75, 3.05) is 23.9 Å². The summed E-state index contributed by atoms with van der Waals surface area (Å²) in [6.45, 7) is 7.07. The molecule has 48 heavy (non-hydrogen) atoms. The zero-order chi connectivity index (χ0) is 35.0. The molecule has 1 saturated heterocycles. The molecule has 6 rings (SSSR count). The predicted molar refractivity (Wildman–Crippen MR) is 174 cm³/mol. The van der Waals surface area contributed by atoms with Crippen LogP contribution in [-0.2, 0) is 25.6 Å². The van der Waals surface area contributed by atoms with E-state index in [2.05, 4.69) is 6.58 Å². The molecule has 1 aliphatic heterocycles. The number of ketones is 2. The van der Waals surface area contributed by atoms with Gasteiger partial charge in [-0.2, -0.15) is 0 Å². The summed E-state index contributed by atoms with van der Waals surface area (Å²) in [6.07, 6.45) is 5.27. The molecule has 0 radical (unpaired) electrons. The van der Waals surface area contributed by atoms with Crippen molar-refractivity contribution in [1.82, 2.24) is 0 Å². The van der Waals surface area contributed by atoms with Gasteiger partial charge in [0.25, 0.3) is 0 Å². The van der Waals surface area contributed by atoms with Gasteiger partial charge in [-0.1, -0.05) is 42.8 Å². The highest BCUT2D eigenvalue weighted by Crippen LogP contribution is 2.63. The number of rotatable bonds is 7. The minimum absolute atomic E-state index is 0.0467. The minimum atomic E-state index is -1.30. The third-order valence-corrected chi connectivity index (χ3v) is 10.6. The van der Waals surface area contributed by atoms with E-state index in [-0.39, 0.29) is 41.5 Å². The molecule has 4 aliphatic rings. The smallest absolute Gasteiger partial charge is 0.301 e. The van der Waals surface area contributed by atoms with Crippen LogP contribution in [0.2, 0.25) is 0 Å². The Kier molecular flexibility index (Phi) is 7.68. The van der Waals surface area contributed by atoms with E-state index in [9.17, 15) is 44.5 Å². The second-order valence-electron chi connectivity index (χ2n) is 13.3. The second-order valence-corrected chi connectivity index (χ2v) is 13.3. The molecule has 1 saturated carbocycles. The molecule has 2 aromatic rings. The van der Waals surface area contributed by atoms with E-state index in [1.807, 2.05) is 6.08 Å². The molecule has 2 amide bonds. The number of aromatic hydroxyl groups is 1. The Labute approximate surface area is 275 Å². The average molecular weight is 655 g/mol. The summed E-state index contributed by atoms with van der Waals surface area (Å²) in [7, 11) is 2.82. The van der Waals surface area contributed by atoms with Gasteiger partial charge in [0, 0.05) is 43.6 Å². The molecule has 13 heteroatoms. The zero-order valence-corrected chi connectivity index (χ0v) is 26.8. The average Bonchev–Trinajstić information content (AvgIpc) is 3.29. The molecule has 6 atom stereocenters. The van der Waals surface area contributed by atoms with E-state index in [0.717, 1.165) is 17.0 Å². The highest BCUT2D eigenvalue weighted by atomic mass is 16.6. The quantitative estimate of drug-likeness (QED) is 0.185. The molecular formula is C35H34N4O9. The van der Waals surface area contributed by atoms with Crippen LogP contribution in [0.4, 0.5) is 22.7 Å². The molecular weight excluding hydrogens is 620 g/mol. The number of phenolic OH excluding ortho intramolecular Hbond substituents is 1. The van der Waals surface area contributed by atoms with Gasteiger partial charge in [-0.3, -0.25) is 39.4 Å². The van der Waals surface area contributed by atoms with Gasteiger partial charge in [-0.05, 0) is 49.3 Å². The number of amides is 2. The molecule has 0 bridgehead atoms. The van der Waals surface area contributed by atoms with Crippen molar-refractivity contribution in [3.05, 3.63) is 97.6 Å². The number of nitrogens with zero attached hydrogens (tertiary/aromatic N) is 4. The normalized spacial score (nSPS) is 27.8. The number of fused-ring (bicyclic) bond motifs is 4. The van der Waals surface area contributed by atoms with Crippen molar-refractivity contribution in [1.29, 1.82) is 0 Å². The van der Waals surface area contributed by atoms with E-state index < -0.39 is 68.0 Å². The Morgan fingerprint density at radius 1 is 1.06 bits per heavy atom. The summed E-state index contributed by atoms with van der Waals surface area (Å²) in [5.41, 5.74) is -1.23. The number of carbonyl (C=O) groups is 4. The Morgan fingerprint density at radius 2 is 1.71 bits per heavy atom. The van der Waals surface area contributed by atoms with Gasteiger partial charge in [0.15, 0.2) is 17.3 Å². The summed E-state index contributed by atoms with van der Waals surface area (Å²) < 4.78 is 0. The lowest BCUT2D eigenvalue weighted by molar-refractivity contribution is -0.392. The lowest BCUT2D eigenvalue weighted by Gasteiger charge is -2.53. The number of phenols is 1. The van der Waals surface area contributed by atoms with Crippen molar-refractivity contribution in [3.8, 4) is 5.75 Å². The van der Waals surface area contributed by atoms with E-state index in [0.29, 0.717) is 28.7 Å². The SMILES string of the molecule is C=CCc1cccc([C@H]2C3=CC[C@@H]4C(=O)N(c5cc([N+](=O)[O-])c(N(C)C)c([N+](=O)[O-])c5)C(=O)[C@@H]4[C@@H]3C[C@H]3C(=O)C=C(C)C(=O)[C@@]23C)c1O. The summed E-state index contributed by atoms with van der Waals surface area (Å²) in [6, 6.07) is 7.17. The first-order valence-corrected chi connectivity index (χ1v) is 15.6. The lowest BCUT2D eigenvalue weighted by atomic mass is 9.47. The predicted octanol–water partition coefficient (Wildman–Crippen LogP) is 4.96. The molecule has 0 aromatic heterocycles. The van der Waals surface area contributed by atoms with E-state index in [4.69, 9.17) is 0 Å². The van der Waals surface area contributed by atoms with Crippen LogP contribution < -0.4 is 9.80 Å². The third kappa shape index (κ3) is 4.51. The first-order valence-electron chi connectivity index (χ1n) is 15.6. The standard InChI is InChI=1S/C35H34N4O9/c1-6-8-18-9-7-10-22(31(18)41)29-20-11-12-21-28(23(20)16-24-27(40)13-17(2)32(42)35(24,29)3)34(44)37(33(21)43)19-14-25(38(45)46)30(36(4)5)26(15-19)39(47)48/h6-7,9-11,13-15,21,23-24,28-29,41H,1,8,12,16H2,2-5H3/t21-,23+,24-,28-,29+,35+/m0/s1. The highest BCUT2D eigenvalue weighted by Gasteiger charge is 2.64. The number of nitro groups is 2. The van der Waals surface area contributed by atoms with Gasteiger partial charge >= 0.3 is 11.4 Å². The van der Waals surface area contributed by atoms with E-state index >= 15 is 0 Å². The van der Waals surface area contributed by atoms with Crippen molar-refractivity contribution >= 4 is 46.1 Å². The molecule has 0 spiro atoms. The second kappa shape index (κ2) is 11.4. The first kappa shape index (κ1) is 32.5. The topological polar surface area (TPSA) is 181 Å². The fraction of sp³-hybridized carbons (Fsp3) is 0.371. The number of hydrogen-bond donors (Lipinski definition) is 1. The van der Waals surface area contributed by atoms with Gasteiger partial charge in [0.1, 0.15) is 5.75 Å². The van der Waals surface area contributed by atoms with Crippen LogP contribution in [0.3, 0.4) is 0 Å². The fourth-order valence-corrected chi connectivity index (χ4v) is 8.61. The Balaban J connectivity index is 1.51. The van der Waals surface area contributed by atoms with Crippen molar-refractivity contribution < 1.29 is 34.1 Å². The van der Waals surface area contributed by atoms with Gasteiger partial charge in [-0.15, -0.1) is 6.58 Å². The molecule has 0 unspecified atom stereocenters. The molecule has 248 valence electrons. The van der Waals surface area contributed by atoms with Crippen LogP contribution in [0.5, 0.6) is 5.75 Å². The molecule has 13 nitrogen and oxygen atoms in total. The van der Waals surface area contributed by atoms with Crippen molar-refractivity contribution in [3.63, 3.8) is 0 Å². The molecule has 3 aliphatic carbocycles. The minimum Gasteiger partial charge on any atom is -0.507 e. The zero-order valence-electron chi connectivity index (χ0n) is 26.8. The number of nitro benzene ring substituents is 2. The number of hydrogen-bond acceptors (Lipinski definition) is 10. The van der Waals surface area contributed by atoms with Gasteiger partial charge in [0.2, 0.25) is 11.8 Å². The number of carbonyl (C=O) groups excluding carboxylic acids is 4. The fourth-order valence-electron chi connectivity index (χ4n) is 8.61. The Hall–Kier alpha value is -5.46. The van der Waals surface area contributed by atoms with Crippen molar-refractivity contribution in [2.45, 2.75) is 39.0 Å². The Morgan fingerprint density at radius 3 is 2.29 bits per heavy atom. The number of benzene rings is 2. The maximum atomic E-state index is 14.4. The summed E-state index contributed by atoms with van der Waals surface area (Å²) in [4.78, 5) is 80.6. The van der Waals surface area contributed by atoms with Crippen LogP contribution in [0.25, 0.3) is 0 Å². The van der Waals surface area contributed by atoms with Crippen LogP contribution in [0.15, 0.2) is 66.3 Å². The van der Waals surface area contributed by atoms with Crippen LogP contribution >= 0.6 is 0 Å². The van der Waals surface area contributed by atoms with Gasteiger partial charge in [0.05, 0.1) is 32.8 Å². The maximum absolute atomic E-state index is 14.4. The summed E-state index contributed by atoms with van der Waals surface area (Å²) in [5.74, 6) is -6.25. The largest absolute Gasteiger partial charge is 0.507 e. The van der Waals surface area contributed by atoms with Gasteiger partial charge < -0.3 is 10.0 Å².